The fourth-order valence-electron chi connectivity index (χ4n) is 2.13. The summed E-state index contributed by atoms with van der Waals surface area (Å²) in [5.74, 6) is -3.24. The van der Waals surface area contributed by atoms with E-state index in [1.54, 1.807) is 0 Å². The molecule has 58 valence electrons. The molecule has 0 aliphatic heterocycles. The summed E-state index contributed by atoms with van der Waals surface area (Å²) in [5.41, 5.74) is 5.52. The zero-order valence-corrected chi connectivity index (χ0v) is 5.69. The summed E-state index contributed by atoms with van der Waals surface area (Å²) in [4.78, 5) is 0. The van der Waals surface area contributed by atoms with Gasteiger partial charge in [-0.3, -0.25) is 0 Å². The van der Waals surface area contributed by atoms with Crippen molar-refractivity contribution in [2.45, 2.75) is 31.2 Å². The zero-order chi connectivity index (χ0) is 7.35. The summed E-state index contributed by atoms with van der Waals surface area (Å²) in [6.45, 7) is 0. The molecule has 2 fully saturated rings. The van der Waals surface area contributed by atoms with Gasteiger partial charge in [-0.15, -0.1) is 0 Å². The second-order valence-corrected chi connectivity index (χ2v) is 3.40. The zero-order valence-electron chi connectivity index (χ0n) is 5.69. The van der Waals surface area contributed by atoms with Crippen molar-refractivity contribution in [1.82, 2.24) is 0 Å². The van der Waals surface area contributed by atoms with Gasteiger partial charge >= 0.3 is 0 Å². The molecular formula is C7H11F2N. The van der Waals surface area contributed by atoms with Crippen LogP contribution in [0.3, 0.4) is 0 Å². The number of rotatable bonds is 0. The number of alkyl halides is 2. The molecule has 10 heavy (non-hydrogen) atoms. The number of nitrogens with two attached hydrogens (primary N) is 1. The van der Waals surface area contributed by atoms with Gasteiger partial charge in [-0.1, -0.05) is 6.42 Å². The van der Waals surface area contributed by atoms with Crippen LogP contribution in [0.15, 0.2) is 0 Å². The normalized spacial score (nSPS) is 50.1. The van der Waals surface area contributed by atoms with Crippen LogP contribution < -0.4 is 5.73 Å². The Hall–Kier alpha value is -0.180. The Bertz CT molecular complexity index is 158. The fourth-order valence-corrected chi connectivity index (χ4v) is 2.13. The monoisotopic (exact) mass is 147 g/mol. The molecule has 0 spiro atoms. The molecule has 0 aromatic heterocycles. The molecule has 0 amide bonds. The van der Waals surface area contributed by atoms with Crippen molar-refractivity contribution >= 4 is 0 Å². The maximum Gasteiger partial charge on any atom is 0.256 e. The first-order valence-electron chi connectivity index (χ1n) is 3.77. The van der Waals surface area contributed by atoms with Crippen LogP contribution in [0.2, 0.25) is 0 Å². The van der Waals surface area contributed by atoms with Gasteiger partial charge in [0.2, 0.25) is 0 Å². The molecule has 1 nitrogen and oxygen atoms in total. The van der Waals surface area contributed by atoms with E-state index in [4.69, 9.17) is 5.73 Å². The predicted octanol–water partition coefficient (Wildman–Crippen LogP) is 1.38. The van der Waals surface area contributed by atoms with Gasteiger partial charge < -0.3 is 5.73 Å². The summed E-state index contributed by atoms with van der Waals surface area (Å²) >= 11 is 0. The molecule has 2 saturated carbocycles. The van der Waals surface area contributed by atoms with Crippen molar-refractivity contribution < 1.29 is 8.78 Å². The molecule has 0 heterocycles. The van der Waals surface area contributed by atoms with Gasteiger partial charge in [0.15, 0.2) is 0 Å². The van der Waals surface area contributed by atoms with Crippen molar-refractivity contribution in [3.63, 3.8) is 0 Å². The third-order valence-electron chi connectivity index (χ3n) is 2.78. The molecule has 2 N–H and O–H groups in total. The first kappa shape index (κ1) is 6.53. The molecule has 0 aromatic rings. The minimum atomic E-state index is -2.41. The molecule has 0 radical (unpaired) electrons. The third-order valence-corrected chi connectivity index (χ3v) is 2.78. The van der Waals surface area contributed by atoms with Crippen LogP contribution in [-0.2, 0) is 0 Å². The first-order chi connectivity index (χ1) is 4.64. The smallest absolute Gasteiger partial charge is 0.256 e. The number of fused-ring (bicyclic) bond motifs is 1. The molecule has 2 aliphatic rings. The average Bonchev–Trinajstić information content (AvgIpc) is 2.38. The van der Waals surface area contributed by atoms with E-state index in [-0.39, 0.29) is 12.0 Å². The number of halogens is 2. The van der Waals surface area contributed by atoms with Crippen molar-refractivity contribution in [2.24, 2.45) is 17.6 Å². The second-order valence-electron chi connectivity index (χ2n) is 3.40. The van der Waals surface area contributed by atoms with Crippen molar-refractivity contribution in [1.29, 1.82) is 0 Å². The van der Waals surface area contributed by atoms with E-state index in [2.05, 4.69) is 0 Å². The molecule has 3 atom stereocenters. The van der Waals surface area contributed by atoms with Crippen molar-refractivity contribution in [3.05, 3.63) is 0 Å². The lowest BCUT2D eigenvalue weighted by molar-refractivity contribution is 0.0828. The highest BCUT2D eigenvalue weighted by Gasteiger charge is 2.70. The van der Waals surface area contributed by atoms with E-state index >= 15 is 0 Å². The maximum absolute atomic E-state index is 12.7. The van der Waals surface area contributed by atoms with Crippen LogP contribution in [-0.4, -0.2) is 12.0 Å². The molecule has 3 heteroatoms. The predicted molar refractivity (Wildman–Crippen MR) is 33.8 cm³/mol. The minimum absolute atomic E-state index is 0.228. The summed E-state index contributed by atoms with van der Waals surface area (Å²) in [7, 11) is 0. The largest absolute Gasteiger partial charge is 0.327 e. The molecule has 0 saturated heterocycles. The Morgan fingerprint density at radius 1 is 1.30 bits per heavy atom. The van der Waals surface area contributed by atoms with Crippen molar-refractivity contribution in [3.8, 4) is 0 Å². The summed E-state index contributed by atoms with van der Waals surface area (Å²) < 4.78 is 25.3. The maximum atomic E-state index is 12.7. The lowest BCUT2D eigenvalue weighted by Crippen LogP contribution is -2.27. The van der Waals surface area contributed by atoms with Gasteiger partial charge in [0.25, 0.3) is 5.92 Å². The van der Waals surface area contributed by atoms with E-state index in [1.165, 1.54) is 0 Å². The molecule has 2 rings (SSSR count). The van der Waals surface area contributed by atoms with Crippen molar-refractivity contribution in [2.75, 3.05) is 0 Å². The van der Waals surface area contributed by atoms with Gasteiger partial charge in [-0.25, -0.2) is 8.78 Å². The second kappa shape index (κ2) is 1.70. The van der Waals surface area contributed by atoms with Crippen LogP contribution in [0.25, 0.3) is 0 Å². The van der Waals surface area contributed by atoms with Crippen LogP contribution in [0.1, 0.15) is 19.3 Å². The highest BCUT2D eigenvalue weighted by Crippen LogP contribution is 2.61. The molecule has 0 aromatic carbocycles. The van der Waals surface area contributed by atoms with Crippen LogP contribution >= 0.6 is 0 Å². The van der Waals surface area contributed by atoms with E-state index in [0.29, 0.717) is 6.42 Å². The Morgan fingerprint density at radius 2 is 2.00 bits per heavy atom. The Kier molecular flexibility index (Phi) is 1.11. The van der Waals surface area contributed by atoms with Gasteiger partial charge in [0.05, 0.1) is 0 Å². The highest BCUT2D eigenvalue weighted by molar-refractivity contribution is 5.11. The van der Waals surface area contributed by atoms with E-state index in [1.807, 2.05) is 0 Å². The lowest BCUT2D eigenvalue weighted by Gasteiger charge is -2.13. The summed E-state index contributed by atoms with van der Waals surface area (Å²) in [6.07, 6.45) is 2.36. The van der Waals surface area contributed by atoms with Gasteiger partial charge in [0, 0.05) is 17.9 Å². The Labute approximate surface area is 58.6 Å². The Morgan fingerprint density at radius 3 is 2.50 bits per heavy atom. The quantitative estimate of drug-likeness (QED) is 0.550. The number of hydrogen-bond donors (Lipinski definition) is 1. The molecule has 0 bridgehead atoms. The molecule has 2 aliphatic carbocycles. The minimum Gasteiger partial charge on any atom is -0.327 e. The van der Waals surface area contributed by atoms with Gasteiger partial charge in [-0.05, 0) is 12.8 Å². The number of hydrogen-bond acceptors (Lipinski definition) is 1. The standard InChI is InChI=1S/C7H11F2N/c8-7(9)4-2-1-3-5(10)6(4)7/h4-6H,1-3,10H2. The first-order valence-corrected chi connectivity index (χ1v) is 3.77. The van der Waals surface area contributed by atoms with Crippen LogP contribution in [0.5, 0.6) is 0 Å². The fraction of sp³-hybridized carbons (Fsp3) is 1.00. The third kappa shape index (κ3) is 0.641. The van der Waals surface area contributed by atoms with Crippen LogP contribution in [0, 0.1) is 11.8 Å². The Balaban J connectivity index is 2.11. The lowest BCUT2D eigenvalue weighted by atomic mass is 9.96. The average molecular weight is 147 g/mol. The van der Waals surface area contributed by atoms with Gasteiger partial charge in [0.1, 0.15) is 0 Å². The van der Waals surface area contributed by atoms with Crippen LogP contribution in [0.4, 0.5) is 8.78 Å². The summed E-state index contributed by atoms with van der Waals surface area (Å²) in [5, 5.41) is 0. The van der Waals surface area contributed by atoms with E-state index in [0.717, 1.165) is 12.8 Å². The molecular weight excluding hydrogens is 136 g/mol. The summed E-state index contributed by atoms with van der Waals surface area (Å²) in [6, 6.07) is -0.228. The van der Waals surface area contributed by atoms with E-state index < -0.39 is 11.8 Å². The van der Waals surface area contributed by atoms with E-state index in [9.17, 15) is 8.78 Å². The van der Waals surface area contributed by atoms with Gasteiger partial charge in [-0.2, -0.15) is 0 Å². The SMILES string of the molecule is NC1CCCC2C1C2(F)F. The topological polar surface area (TPSA) is 26.0 Å². The highest BCUT2D eigenvalue weighted by atomic mass is 19.3. The molecule has 3 unspecified atom stereocenters.